The second-order valence-corrected chi connectivity index (χ2v) is 5.99. The minimum absolute atomic E-state index is 0.370. The fourth-order valence-corrected chi connectivity index (χ4v) is 2.83. The van der Waals surface area contributed by atoms with Crippen molar-refractivity contribution in [3.05, 3.63) is 0 Å². The second-order valence-electron chi connectivity index (χ2n) is 5.99. The molecule has 1 rings (SSSR count). The van der Waals surface area contributed by atoms with Crippen LogP contribution in [0.5, 0.6) is 0 Å². The summed E-state index contributed by atoms with van der Waals surface area (Å²) in [5.74, 6) is 0. The smallest absolute Gasteiger partial charge is 0.103 e. The van der Waals surface area contributed by atoms with Gasteiger partial charge in [0.05, 0.1) is 12.2 Å². The van der Waals surface area contributed by atoms with E-state index in [9.17, 15) is 5.26 Å². The first-order chi connectivity index (χ1) is 9.63. The van der Waals surface area contributed by atoms with Gasteiger partial charge in [0, 0.05) is 13.2 Å². The van der Waals surface area contributed by atoms with Crippen LogP contribution in [0.25, 0.3) is 0 Å². The van der Waals surface area contributed by atoms with Gasteiger partial charge in [0.2, 0.25) is 0 Å². The Morgan fingerprint density at radius 1 is 1.45 bits per heavy atom. The lowest BCUT2D eigenvalue weighted by molar-refractivity contribution is 0.00533. The van der Waals surface area contributed by atoms with Crippen molar-refractivity contribution in [3.63, 3.8) is 0 Å². The van der Waals surface area contributed by atoms with E-state index in [1.807, 2.05) is 6.92 Å². The molecule has 0 saturated carbocycles. The third-order valence-electron chi connectivity index (χ3n) is 4.03. The van der Waals surface area contributed by atoms with Crippen LogP contribution >= 0.6 is 0 Å². The molecule has 1 saturated heterocycles. The number of nitrogens with one attached hydrogen (secondary N) is 1. The van der Waals surface area contributed by atoms with E-state index >= 15 is 0 Å². The van der Waals surface area contributed by atoms with Gasteiger partial charge in [0.15, 0.2) is 0 Å². The van der Waals surface area contributed by atoms with E-state index in [1.165, 1.54) is 19.4 Å². The van der Waals surface area contributed by atoms with Gasteiger partial charge in [-0.25, -0.2) is 0 Å². The molecule has 116 valence electrons. The van der Waals surface area contributed by atoms with E-state index < -0.39 is 0 Å². The molecular weight excluding hydrogens is 250 g/mol. The Morgan fingerprint density at radius 3 is 2.90 bits per heavy atom. The third kappa shape index (κ3) is 6.21. The SMILES string of the molecule is CCCNC(C)(C#N)CCCN1CCCC(OCC)C1. The van der Waals surface area contributed by atoms with Crippen LogP contribution < -0.4 is 5.32 Å². The molecule has 0 aromatic rings. The van der Waals surface area contributed by atoms with E-state index in [4.69, 9.17) is 4.74 Å². The highest BCUT2D eigenvalue weighted by molar-refractivity contribution is 5.03. The normalized spacial score (nSPS) is 23.2. The Kier molecular flexibility index (Phi) is 8.13. The molecule has 0 radical (unpaired) electrons. The van der Waals surface area contributed by atoms with Crippen molar-refractivity contribution in [2.45, 2.75) is 64.5 Å². The zero-order valence-corrected chi connectivity index (χ0v) is 13.5. The van der Waals surface area contributed by atoms with E-state index in [0.717, 1.165) is 45.5 Å². The lowest BCUT2D eigenvalue weighted by atomic mass is 9.97. The highest BCUT2D eigenvalue weighted by atomic mass is 16.5. The standard InChI is InChI=1S/C16H31N3O/c1-4-10-18-16(3,14-17)9-7-12-19-11-6-8-15(13-19)20-5-2/h15,18H,4-13H2,1-3H3. The fraction of sp³-hybridized carbons (Fsp3) is 0.938. The molecule has 0 aliphatic carbocycles. The quantitative estimate of drug-likeness (QED) is 0.705. The molecular formula is C16H31N3O. The Bertz CT molecular complexity index is 301. The van der Waals surface area contributed by atoms with Gasteiger partial charge in [-0.1, -0.05) is 6.92 Å². The van der Waals surface area contributed by atoms with Crippen molar-refractivity contribution in [3.8, 4) is 6.07 Å². The maximum absolute atomic E-state index is 9.31. The first-order valence-corrected chi connectivity index (χ1v) is 8.13. The molecule has 0 aromatic heterocycles. The summed E-state index contributed by atoms with van der Waals surface area (Å²) in [4.78, 5) is 2.49. The van der Waals surface area contributed by atoms with Crippen LogP contribution in [0.2, 0.25) is 0 Å². The minimum Gasteiger partial charge on any atom is -0.377 e. The van der Waals surface area contributed by atoms with Crippen molar-refractivity contribution < 1.29 is 4.74 Å². The Balaban J connectivity index is 2.26. The van der Waals surface area contributed by atoms with E-state index in [2.05, 4.69) is 30.1 Å². The fourth-order valence-electron chi connectivity index (χ4n) is 2.83. The van der Waals surface area contributed by atoms with Crippen LogP contribution in [-0.2, 0) is 4.74 Å². The summed E-state index contributed by atoms with van der Waals surface area (Å²) in [7, 11) is 0. The average molecular weight is 281 g/mol. The number of hydrogen-bond acceptors (Lipinski definition) is 4. The summed E-state index contributed by atoms with van der Waals surface area (Å²) >= 11 is 0. The molecule has 1 fully saturated rings. The van der Waals surface area contributed by atoms with Crippen LogP contribution in [0.1, 0.15) is 52.9 Å². The number of nitriles is 1. The van der Waals surface area contributed by atoms with Crippen molar-refractivity contribution in [2.24, 2.45) is 0 Å². The molecule has 2 atom stereocenters. The molecule has 0 bridgehead atoms. The van der Waals surface area contributed by atoms with Crippen molar-refractivity contribution in [1.29, 1.82) is 5.26 Å². The number of piperidine rings is 1. The summed E-state index contributed by atoms with van der Waals surface area (Å²) < 4.78 is 5.73. The number of nitrogens with zero attached hydrogens (tertiary/aromatic N) is 2. The summed E-state index contributed by atoms with van der Waals surface area (Å²) in [6, 6.07) is 2.43. The third-order valence-corrected chi connectivity index (χ3v) is 4.03. The summed E-state index contributed by atoms with van der Waals surface area (Å²) in [5, 5.41) is 12.7. The van der Waals surface area contributed by atoms with Crippen molar-refractivity contribution in [1.82, 2.24) is 10.2 Å². The van der Waals surface area contributed by atoms with Gasteiger partial charge in [0.1, 0.15) is 5.54 Å². The van der Waals surface area contributed by atoms with E-state index in [-0.39, 0.29) is 5.54 Å². The monoisotopic (exact) mass is 281 g/mol. The number of likely N-dealkylation sites (tertiary alicyclic amines) is 1. The number of ether oxygens (including phenoxy) is 1. The summed E-state index contributed by atoms with van der Waals surface area (Å²) in [6.45, 7) is 11.3. The van der Waals surface area contributed by atoms with Crippen LogP contribution in [0.3, 0.4) is 0 Å². The highest BCUT2D eigenvalue weighted by Gasteiger charge is 2.24. The summed E-state index contributed by atoms with van der Waals surface area (Å²) in [6.07, 6.45) is 5.89. The average Bonchev–Trinajstić information content (AvgIpc) is 2.46. The molecule has 2 unspecified atom stereocenters. The van der Waals surface area contributed by atoms with Crippen molar-refractivity contribution in [2.75, 3.05) is 32.8 Å². The zero-order chi connectivity index (χ0) is 14.8. The molecule has 0 amide bonds. The maximum Gasteiger partial charge on any atom is 0.103 e. The molecule has 4 heteroatoms. The van der Waals surface area contributed by atoms with Crippen LogP contribution in [-0.4, -0.2) is 49.3 Å². The Morgan fingerprint density at radius 2 is 2.25 bits per heavy atom. The van der Waals surface area contributed by atoms with Gasteiger partial charge in [-0.3, -0.25) is 5.32 Å². The van der Waals surface area contributed by atoms with Gasteiger partial charge < -0.3 is 9.64 Å². The Labute approximate surface area is 124 Å². The second kappa shape index (κ2) is 9.33. The van der Waals surface area contributed by atoms with Gasteiger partial charge in [0.25, 0.3) is 0 Å². The van der Waals surface area contributed by atoms with Crippen LogP contribution in [0, 0.1) is 11.3 Å². The van der Waals surface area contributed by atoms with E-state index in [0.29, 0.717) is 6.10 Å². The van der Waals surface area contributed by atoms with Gasteiger partial charge >= 0.3 is 0 Å². The Hall–Kier alpha value is -0.630. The maximum atomic E-state index is 9.31. The van der Waals surface area contributed by atoms with Gasteiger partial charge in [-0.15, -0.1) is 0 Å². The topological polar surface area (TPSA) is 48.3 Å². The van der Waals surface area contributed by atoms with Gasteiger partial charge in [-0.05, 0) is 65.6 Å². The molecule has 0 aromatic carbocycles. The first-order valence-electron chi connectivity index (χ1n) is 8.13. The van der Waals surface area contributed by atoms with Crippen molar-refractivity contribution >= 4 is 0 Å². The lowest BCUT2D eigenvalue weighted by Crippen LogP contribution is -2.43. The zero-order valence-electron chi connectivity index (χ0n) is 13.5. The first kappa shape index (κ1) is 17.4. The molecule has 1 aliphatic rings. The highest BCUT2D eigenvalue weighted by Crippen LogP contribution is 2.16. The predicted molar refractivity (Wildman–Crippen MR) is 82.6 cm³/mol. The molecule has 1 N–H and O–H groups in total. The van der Waals surface area contributed by atoms with Crippen LogP contribution in [0.15, 0.2) is 0 Å². The van der Waals surface area contributed by atoms with Gasteiger partial charge in [-0.2, -0.15) is 5.26 Å². The number of rotatable bonds is 9. The summed E-state index contributed by atoms with van der Waals surface area (Å²) in [5.41, 5.74) is -0.370. The van der Waals surface area contributed by atoms with Crippen LogP contribution in [0.4, 0.5) is 0 Å². The molecule has 20 heavy (non-hydrogen) atoms. The largest absolute Gasteiger partial charge is 0.377 e. The molecule has 1 heterocycles. The molecule has 4 nitrogen and oxygen atoms in total. The minimum atomic E-state index is -0.370. The predicted octanol–water partition coefficient (Wildman–Crippen LogP) is 2.55. The van der Waals surface area contributed by atoms with E-state index in [1.54, 1.807) is 0 Å². The lowest BCUT2D eigenvalue weighted by Gasteiger charge is -2.33. The molecule has 0 spiro atoms. The molecule has 1 aliphatic heterocycles. The number of hydrogen-bond donors (Lipinski definition) is 1.